The number of hydrogen-bond donors (Lipinski definition) is 2. The third-order valence-corrected chi connectivity index (χ3v) is 3.32. The monoisotopic (exact) mass is 256 g/mol. The normalized spacial score (nSPS) is 11.7. The Kier molecular flexibility index (Phi) is 2.72. The van der Waals surface area contributed by atoms with Crippen molar-refractivity contribution in [2.45, 2.75) is 5.03 Å². The van der Waals surface area contributed by atoms with E-state index in [0.717, 1.165) is 0 Å². The molecule has 0 aliphatic carbocycles. The minimum atomic E-state index is -3.83. The zero-order chi connectivity index (χ0) is 12.6. The first-order chi connectivity index (χ1) is 7.99. The molecule has 92 valence electrons. The van der Waals surface area contributed by atoms with Crippen molar-refractivity contribution < 1.29 is 17.9 Å². The predicted molar refractivity (Wildman–Crippen MR) is 62.8 cm³/mol. The highest BCUT2D eigenvalue weighted by molar-refractivity contribution is 7.89. The molecule has 3 N–H and O–H groups in total. The van der Waals surface area contributed by atoms with Gasteiger partial charge in [-0.25, -0.2) is 13.6 Å². The molecule has 0 bridgehead atoms. The summed E-state index contributed by atoms with van der Waals surface area (Å²) in [5.74, 6) is 0.826. The number of methoxy groups -OCH3 is 2. The Morgan fingerprint density at radius 2 is 1.94 bits per heavy atom. The summed E-state index contributed by atoms with van der Waals surface area (Å²) in [5, 5.41) is 6.05. The fourth-order valence-electron chi connectivity index (χ4n) is 1.74. The van der Waals surface area contributed by atoms with Crippen molar-refractivity contribution in [1.82, 2.24) is 4.98 Å². The van der Waals surface area contributed by atoms with Gasteiger partial charge in [0, 0.05) is 5.39 Å². The molecule has 1 heterocycles. The standard InChI is InChI=1S/C10H12N2O4S/c1-15-7-5-3-4-6-8(7)9(16-2)12-10(6)17(11,13)14/h3-5,12H,1-2H3,(H2,11,13,14). The molecule has 2 rings (SSSR count). The molecule has 17 heavy (non-hydrogen) atoms. The first-order valence-electron chi connectivity index (χ1n) is 4.74. The molecule has 6 nitrogen and oxygen atoms in total. The summed E-state index contributed by atoms with van der Waals surface area (Å²) in [5.41, 5.74) is 0. The van der Waals surface area contributed by atoms with Gasteiger partial charge in [0.25, 0.3) is 10.0 Å². The SMILES string of the molecule is COc1cccc2c(S(N)(=O)=O)[nH]c(OC)c12. The Morgan fingerprint density at radius 3 is 2.47 bits per heavy atom. The van der Waals surface area contributed by atoms with Gasteiger partial charge in [-0.1, -0.05) is 12.1 Å². The lowest BCUT2D eigenvalue weighted by Crippen LogP contribution is -2.12. The first-order valence-corrected chi connectivity index (χ1v) is 6.29. The van der Waals surface area contributed by atoms with Crippen molar-refractivity contribution in [3.63, 3.8) is 0 Å². The van der Waals surface area contributed by atoms with Crippen molar-refractivity contribution in [3.05, 3.63) is 18.2 Å². The van der Waals surface area contributed by atoms with E-state index in [1.54, 1.807) is 18.2 Å². The number of aromatic amines is 1. The van der Waals surface area contributed by atoms with Crippen LogP contribution in [0.2, 0.25) is 0 Å². The van der Waals surface area contributed by atoms with Gasteiger partial charge in [0.1, 0.15) is 5.75 Å². The number of nitrogens with two attached hydrogens (primary N) is 1. The molecule has 0 unspecified atom stereocenters. The van der Waals surface area contributed by atoms with Crippen molar-refractivity contribution in [3.8, 4) is 11.6 Å². The molecule has 0 saturated heterocycles. The quantitative estimate of drug-likeness (QED) is 0.850. The van der Waals surface area contributed by atoms with Crippen LogP contribution in [0.15, 0.2) is 23.2 Å². The van der Waals surface area contributed by atoms with E-state index >= 15 is 0 Å². The minimum absolute atomic E-state index is 0.0803. The van der Waals surface area contributed by atoms with Crippen LogP contribution in [0.4, 0.5) is 0 Å². The van der Waals surface area contributed by atoms with Crippen LogP contribution >= 0.6 is 0 Å². The number of nitrogens with one attached hydrogen (secondary N) is 1. The molecule has 0 atom stereocenters. The summed E-state index contributed by atoms with van der Waals surface area (Å²) >= 11 is 0. The molecule has 0 aliphatic heterocycles. The summed E-state index contributed by atoms with van der Waals surface area (Å²) in [6.07, 6.45) is 0. The Hall–Kier alpha value is -1.73. The zero-order valence-electron chi connectivity index (χ0n) is 9.35. The second kappa shape index (κ2) is 3.94. The third-order valence-electron chi connectivity index (χ3n) is 2.43. The molecule has 0 radical (unpaired) electrons. The van der Waals surface area contributed by atoms with Crippen LogP contribution in [0.25, 0.3) is 10.8 Å². The lowest BCUT2D eigenvalue weighted by atomic mass is 10.2. The molecule has 1 aromatic heterocycles. The molecule has 1 aromatic carbocycles. The maximum atomic E-state index is 11.4. The molecule has 0 amide bonds. The van der Waals surface area contributed by atoms with Crippen molar-refractivity contribution in [1.29, 1.82) is 0 Å². The number of fused-ring (bicyclic) bond motifs is 1. The highest BCUT2D eigenvalue weighted by Crippen LogP contribution is 2.37. The van der Waals surface area contributed by atoms with Crippen molar-refractivity contribution in [2.24, 2.45) is 5.14 Å². The molecular formula is C10H12N2O4S. The first kappa shape index (κ1) is 11.7. The van der Waals surface area contributed by atoms with Crippen LogP contribution in [0, 0.1) is 0 Å². The average molecular weight is 256 g/mol. The zero-order valence-corrected chi connectivity index (χ0v) is 10.2. The highest BCUT2D eigenvalue weighted by Gasteiger charge is 2.21. The van der Waals surface area contributed by atoms with Gasteiger partial charge in [-0.3, -0.25) is 0 Å². The maximum Gasteiger partial charge on any atom is 0.254 e. The van der Waals surface area contributed by atoms with E-state index in [-0.39, 0.29) is 5.03 Å². The van der Waals surface area contributed by atoms with Crippen molar-refractivity contribution in [2.75, 3.05) is 14.2 Å². The molecule has 0 spiro atoms. The van der Waals surface area contributed by atoms with E-state index in [0.29, 0.717) is 22.4 Å². The predicted octanol–water partition coefficient (Wildman–Crippen LogP) is 0.832. The molecular weight excluding hydrogens is 244 g/mol. The Bertz CT molecular complexity index is 660. The molecule has 7 heteroatoms. The van der Waals surface area contributed by atoms with Gasteiger partial charge in [-0.15, -0.1) is 0 Å². The highest BCUT2D eigenvalue weighted by atomic mass is 32.2. The number of primary sulfonamides is 1. The van der Waals surface area contributed by atoms with Crippen molar-refractivity contribution >= 4 is 20.8 Å². The molecule has 0 aliphatic rings. The van der Waals surface area contributed by atoms with Gasteiger partial charge in [0.2, 0.25) is 5.88 Å². The van der Waals surface area contributed by atoms with Gasteiger partial charge in [0.05, 0.1) is 19.6 Å². The summed E-state index contributed by atoms with van der Waals surface area (Å²) in [6.45, 7) is 0. The third kappa shape index (κ3) is 1.83. The van der Waals surface area contributed by atoms with Crippen LogP contribution in [0.5, 0.6) is 11.6 Å². The van der Waals surface area contributed by atoms with E-state index in [1.807, 2.05) is 0 Å². The van der Waals surface area contributed by atoms with Gasteiger partial charge in [-0.05, 0) is 6.07 Å². The number of benzene rings is 1. The fourth-order valence-corrected chi connectivity index (χ4v) is 2.45. The largest absolute Gasteiger partial charge is 0.496 e. The second-order valence-electron chi connectivity index (χ2n) is 3.42. The lowest BCUT2D eigenvalue weighted by Gasteiger charge is -2.03. The van der Waals surface area contributed by atoms with Crippen LogP contribution in [-0.4, -0.2) is 27.6 Å². The van der Waals surface area contributed by atoms with Gasteiger partial charge < -0.3 is 14.5 Å². The number of hydrogen-bond acceptors (Lipinski definition) is 4. The summed E-state index contributed by atoms with van der Waals surface area (Å²) in [4.78, 5) is 2.64. The molecule has 2 aromatic rings. The number of aromatic nitrogens is 1. The van der Waals surface area contributed by atoms with Crippen LogP contribution < -0.4 is 14.6 Å². The Morgan fingerprint density at radius 1 is 1.24 bits per heavy atom. The summed E-state index contributed by atoms with van der Waals surface area (Å²) < 4.78 is 33.1. The van der Waals surface area contributed by atoms with Crippen LogP contribution in [-0.2, 0) is 10.0 Å². The van der Waals surface area contributed by atoms with Gasteiger partial charge in [0.15, 0.2) is 5.03 Å². The molecule has 0 saturated carbocycles. The summed E-state index contributed by atoms with van der Waals surface area (Å²) in [6, 6.07) is 5.03. The maximum absolute atomic E-state index is 11.4. The Balaban J connectivity index is 2.92. The fraction of sp³-hybridized carbons (Fsp3) is 0.200. The van der Waals surface area contributed by atoms with Crippen LogP contribution in [0.3, 0.4) is 0 Å². The molecule has 0 fully saturated rings. The second-order valence-corrected chi connectivity index (χ2v) is 4.91. The number of sulfonamides is 1. The van der Waals surface area contributed by atoms with E-state index in [1.165, 1.54) is 14.2 Å². The average Bonchev–Trinajstić information content (AvgIpc) is 2.67. The Labute approximate surface area is 98.4 Å². The smallest absolute Gasteiger partial charge is 0.254 e. The van der Waals surface area contributed by atoms with E-state index < -0.39 is 10.0 Å². The van der Waals surface area contributed by atoms with E-state index in [9.17, 15) is 8.42 Å². The van der Waals surface area contributed by atoms with Gasteiger partial charge >= 0.3 is 0 Å². The van der Waals surface area contributed by atoms with E-state index in [4.69, 9.17) is 14.6 Å². The number of H-pyrrole nitrogens is 1. The van der Waals surface area contributed by atoms with E-state index in [2.05, 4.69) is 4.98 Å². The number of rotatable bonds is 3. The number of ether oxygens (including phenoxy) is 2. The lowest BCUT2D eigenvalue weighted by molar-refractivity contribution is 0.394. The minimum Gasteiger partial charge on any atom is -0.496 e. The van der Waals surface area contributed by atoms with Gasteiger partial charge in [-0.2, -0.15) is 0 Å². The van der Waals surface area contributed by atoms with Crippen LogP contribution in [0.1, 0.15) is 0 Å². The topological polar surface area (TPSA) is 94.4 Å². The summed E-state index contributed by atoms with van der Waals surface area (Å²) in [7, 11) is -0.902.